The molecule has 2 aromatic carbocycles. The van der Waals surface area contributed by atoms with E-state index in [1.54, 1.807) is 12.4 Å². The molecule has 1 heterocycles. The van der Waals surface area contributed by atoms with Gasteiger partial charge in [0.25, 0.3) is 0 Å². The second-order valence-electron chi connectivity index (χ2n) is 4.82. The Morgan fingerprint density at radius 1 is 1.05 bits per heavy atom. The van der Waals surface area contributed by atoms with Crippen LogP contribution in [0.4, 0.5) is 0 Å². The SMILES string of the molecule is CCNC(c1ccc2nccnc2c1)c1ccccc1Cl. The summed E-state index contributed by atoms with van der Waals surface area (Å²) in [6, 6.07) is 14.1. The zero-order valence-electron chi connectivity index (χ0n) is 11.8. The number of aromatic nitrogens is 2. The van der Waals surface area contributed by atoms with Gasteiger partial charge in [-0.05, 0) is 35.9 Å². The standard InChI is InChI=1S/C17H16ClN3/c1-2-19-17(13-5-3-4-6-14(13)18)12-7-8-15-16(11-12)21-10-9-20-15/h3-11,17,19H,2H2,1H3. The van der Waals surface area contributed by atoms with Gasteiger partial charge in [0.1, 0.15) is 0 Å². The van der Waals surface area contributed by atoms with E-state index in [1.807, 2.05) is 24.3 Å². The molecule has 21 heavy (non-hydrogen) atoms. The van der Waals surface area contributed by atoms with Gasteiger partial charge >= 0.3 is 0 Å². The number of hydrogen-bond donors (Lipinski definition) is 1. The lowest BCUT2D eigenvalue weighted by molar-refractivity contribution is 0.631. The van der Waals surface area contributed by atoms with E-state index in [4.69, 9.17) is 11.6 Å². The van der Waals surface area contributed by atoms with Crippen molar-refractivity contribution in [2.24, 2.45) is 0 Å². The van der Waals surface area contributed by atoms with Gasteiger partial charge in [-0.1, -0.05) is 42.8 Å². The molecule has 0 aliphatic heterocycles. The van der Waals surface area contributed by atoms with Gasteiger partial charge in [0.2, 0.25) is 0 Å². The van der Waals surface area contributed by atoms with Crippen LogP contribution in [0.2, 0.25) is 5.02 Å². The van der Waals surface area contributed by atoms with E-state index >= 15 is 0 Å². The molecule has 1 N–H and O–H groups in total. The van der Waals surface area contributed by atoms with Gasteiger partial charge in [0.05, 0.1) is 17.1 Å². The molecule has 1 aromatic heterocycles. The molecular weight excluding hydrogens is 282 g/mol. The summed E-state index contributed by atoms with van der Waals surface area (Å²) in [6.45, 7) is 2.94. The van der Waals surface area contributed by atoms with E-state index in [0.29, 0.717) is 0 Å². The maximum absolute atomic E-state index is 6.35. The largest absolute Gasteiger partial charge is 0.306 e. The third-order valence-electron chi connectivity index (χ3n) is 3.45. The number of nitrogens with zero attached hydrogens (tertiary/aromatic N) is 2. The van der Waals surface area contributed by atoms with E-state index in [0.717, 1.165) is 33.7 Å². The highest BCUT2D eigenvalue weighted by Crippen LogP contribution is 2.29. The zero-order valence-corrected chi connectivity index (χ0v) is 12.5. The summed E-state index contributed by atoms with van der Waals surface area (Å²) in [5.74, 6) is 0. The lowest BCUT2D eigenvalue weighted by Crippen LogP contribution is -2.22. The molecule has 1 unspecified atom stereocenters. The van der Waals surface area contributed by atoms with E-state index in [-0.39, 0.29) is 6.04 Å². The average molecular weight is 298 g/mol. The van der Waals surface area contributed by atoms with Gasteiger partial charge in [-0.3, -0.25) is 9.97 Å². The van der Waals surface area contributed by atoms with E-state index in [9.17, 15) is 0 Å². The summed E-state index contributed by atoms with van der Waals surface area (Å²) in [6.07, 6.45) is 3.42. The summed E-state index contributed by atoms with van der Waals surface area (Å²) in [5.41, 5.74) is 4.00. The molecule has 3 rings (SSSR count). The van der Waals surface area contributed by atoms with Crippen molar-refractivity contribution < 1.29 is 0 Å². The summed E-state index contributed by atoms with van der Waals surface area (Å²) >= 11 is 6.35. The van der Waals surface area contributed by atoms with E-state index in [1.165, 1.54) is 0 Å². The molecule has 0 saturated carbocycles. The van der Waals surface area contributed by atoms with Crippen LogP contribution in [0.3, 0.4) is 0 Å². The van der Waals surface area contributed by atoms with Crippen molar-refractivity contribution in [2.75, 3.05) is 6.54 Å². The normalized spacial score (nSPS) is 12.5. The molecule has 0 fully saturated rings. The summed E-state index contributed by atoms with van der Waals surface area (Å²) < 4.78 is 0. The van der Waals surface area contributed by atoms with Gasteiger partial charge in [0.15, 0.2) is 0 Å². The van der Waals surface area contributed by atoms with Crippen LogP contribution in [0.25, 0.3) is 11.0 Å². The van der Waals surface area contributed by atoms with E-state index < -0.39 is 0 Å². The number of hydrogen-bond acceptors (Lipinski definition) is 3. The van der Waals surface area contributed by atoms with Gasteiger partial charge in [-0.2, -0.15) is 0 Å². The monoisotopic (exact) mass is 297 g/mol. The quantitative estimate of drug-likeness (QED) is 0.791. The Balaban J connectivity index is 2.09. The molecule has 0 bridgehead atoms. The molecule has 1 atom stereocenters. The lowest BCUT2D eigenvalue weighted by atomic mass is 9.98. The molecule has 0 aliphatic rings. The Bertz CT molecular complexity index is 758. The Labute approximate surface area is 129 Å². The third-order valence-corrected chi connectivity index (χ3v) is 3.80. The van der Waals surface area contributed by atoms with Crippen LogP contribution in [-0.4, -0.2) is 16.5 Å². The highest BCUT2D eigenvalue weighted by molar-refractivity contribution is 6.31. The second kappa shape index (κ2) is 6.20. The van der Waals surface area contributed by atoms with Gasteiger partial charge in [0, 0.05) is 17.4 Å². The van der Waals surface area contributed by atoms with Crippen LogP contribution in [0.5, 0.6) is 0 Å². The zero-order chi connectivity index (χ0) is 14.7. The van der Waals surface area contributed by atoms with Gasteiger partial charge in [-0.25, -0.2) is 0 Å². The molecule has 106 valence electrons. The fraction of sp³-hybridized carbons (Fsp3) is 0.176. The van der Waals surface area contributed by atoms with Crippen LogP contribution < -0.4 is 5.32 Å². The summed E-state index contributed by atoms with van der Waals surface area (Å²) in [5, 5.41) is 4.25. The van der Waals surface area contributed by atoms with Crippen molar-refractivity contribution in [2.45, 2.75) is 13.0 Å². The Morgan fingerprint density at radius 3 is 2.57 bits per heavy atom. The first-order valence-electron chi connectivity index (χ1n) is 6.98. The molecule has 4 heteroatoms. The first-order valence-corrected chi connectivity index (χ1v) is 7.36. The first kappa shape index (κ1) is 14.0. The maximum Gasteiger partial charge on any atom is 0.0890 e. The van der Waals surface area contributed by atoms with E-state index in [2.05, 4.69) is 40.4 Å². The van der Waals surface area contributed by atoms with Crippen LogP contribution >= 0.6 is 11.6 Å². The second-order valence-corrected chi connectivity index (χ2v) is 5.22. The fourth-order valence-electron chi connectivity index (χ4n) is 2.48. The minimum absolute atomic E-state index is 0.0510. The summed E-state index contributed by atoms with van der Waals surface area (Å²) in [4.78, 5) is 8.69. The number of nitrogens with one attached hydrogen (secondary N) is 1. The van der Waals surface area contributed by atoms with Crippen LogP contribution in [0, 0.1) is 0 Å². The van der Waals surface area contributed by atoms with Gasteiger partial charge in [-0.15, -0.1) is 0 Å². The van der Waals surface area contributed by atoms with Crippen LogP contribution in [-0.2, 0) is 0 Å². The van der Waals surface area contributed by atoms with Crippen LogP contribution in [0.15, 0.2) is 54.9 Å². The number of halogens is 1. The van der Waals surface area contributed by atoms with Crippen molar-refractivity contribution in [1.82, 2.24) is 15.3 Å². The van der Waals surface area contributed by atoms with Crippen molar-refractivity contribution in [1.29, 1.82) is 0 Å². The topological polar surface area (TPSA) is 37.8 Å². The number of rotatable bonds is 4. The Kier molecular flexibility index (Phi) is 4.13. The predicted octanol–water partition coefficient (Wildman–Crippen LogP) is 3.98. The molecule has 0 aliphatic carbocycles. The van der Waals surface area contributed by atoms with Gasteiger partial charge < -0.3 is 5.32 Å². The number of benzene rings is 2. The molecule has 3 aromatic rings. The average Bonchev–Trinajstić information content (AvgIpc) is 2.53. The predicted molar refractivity (Wildman–Crippen MR) is 86.5 cm³/mol. The molecule has 0 spiro atoms. The molecular formula is C17H16ClN3. The maximum atomic E-state index is 6.35. The molecule has 3 nitrogen and oxygen atoms in total. The Morgan fingerprint density at radius 2 is 1.81 bits per heavy atom. The fourth-order valence-corrected chi connectivity index (χ4v) is 2.73. The minimum Gasteiger partial charge on any atom is -0.306 e. The number of fused-ring (bicyclic) bond motifs is 1. The van der Waals surface area contributed by atoms with Crippen LogP contribution in [0.1, 0.15) is 24.1 Å². The first-order chi connectivity index (χ1) is 10.3. The molecule has 0 radical (unpaired) electrons. The van der Waals surface area contributed by atoms with Crippen molar-refractivity contribution >= 4 is 22.6 Å². The smallest absolute Gasteiger partial charge is 0.0890 e. The summed E-state index contributed by atoms with van der Waals surface area (Å²) in [7, 11) is 0. The lowest BCUT2D eigenvalue weighted by Gasteiger charge is -2.20. The minimum atomic E-state index is 0.0510. The Hall–Kier alpha value is -1.97. The highest BCUT2D eigenvalue weighted by atomic mass is 35.5. The van der Waals surface area contributed by atoms with Crippen molar-refractivity contribution in [3.05, 3.63) is 71.0 Å². The highest BCUT2D eigenvalue weighted by Gasteiger charge is 2.16. The van der Waals surface area contributed by atoms with Crippen molar-refractivity contribution in [3.8, 4) is 0 Å². The third kappa shape index (κ3) is 2.89. The van der Waals surface area contributed by atoms with Crippen molar-refractivity contribution in [3.63, 3.8) is 0 Å². The molecule has 0 amide bonds. The molecule has 0 saturated heterocycles.